The van der Waals surface area contributed by atoms with E-state index in [1.165, 1.54) is 18.7 Å². The fourth-order valence-corrected chi connectivity index (χ4v) is 3.70. The van der Waals surface area contributed by atoms with Crippen molar-refractivity contribution in [3.05, 3.63) is 54.2 Å². The van der Waals surface area contributed by atoms with Gasteiger partial charge in [0, 0.05) is 29.0 Å². The van der Waals surface area contributed by atoms with Gasteiger partial charge in [-0.25, -0.2) is 9.97 Å². The monoisotopic (exact) mass is 420 g/mol. The van der Waals surface area contributed by atoms with Crippen LogP contribution in [0.2, 0.25) is 0 Å². The Morgan fingerprint density at radius 1 is 1.13 bits per heavy atom. The smallest absolute Gasteiger partial charge is 0.221 e. The molecule has 0 bridgehead atoms. The number of aryl methyl sites for hydroxylation is 1. The normalized spacial score (nSPS) is 10.8. The maximum absolute atomic E-state index is 11.2. The van der Waals surface area contributed by atoms with E-state index in [1.807, 2.05) is 55.5 Å². The van der Waals surface area contributed by atoms with Crippen LogP contribution in [0.1, 0.15) is 12.6 Å². The quantitative estimate of drug-likeness (QED) is 0.394. The first-order valence-electron chi connectivity index (χ1n) is 9.21. The number of fused-ring (bicyclic) bond motifs is 1. The van der Waals surface area contributed by atoms with Gasteiger partial charge < -0.3 is 15.4 Å². The van der Waals surface area contributed by atoms with Gasteiger partial charge in [-0.2, -0.15) is 5.10 Å². The van der Waals surface area contributed by atoms with E-state index in [-0.39, 0.29) is 5.91 Å². The molecule has 3 N–H and O–H groups in total. The van der Waals surface area contributed by atoms with Crippen molar-refractivity contribution in [1.29, 1.82) is 0 Å². The van der Waals surface area contributed by atoms with Crippen molar-refractivity contribution in [2.24, 2.45) is 0 Å². The predicted molar refractivity (Wildman–Crippen MR) is 118 cm³/mol. The Morgan fingerprint density at radius 2 is 1.93 bits per heavy atom. The van der Waals surface area contributed by atoms with Gasteiger partial charge in [0.2, 0.25) is 5.91 Å². The zero-order valence-electron chi connectivity index (χ0n) is 16.7. The summed E-state index contributed by atoms with van der Waals surface area (Å²) in [6.45, 7) is 3.39. The van der Waals surface area contributed by atoms with Crippen LogP contribution in [-0.2, 0) is 4.79 Å². The first kappa shape index (κ1) is 19.7. The molecule has 4 rings (SSSR count). The maximum Gasteiger partial charge on any atom is 0.221 e. The number of aromatic nitrogens is 4. The van der Waals surface area contributed by atoms with Crippen molar-refractivity contribution in [3.8, 4) is 5.75 Å². The number of hydrogen-bond acceptors (Lipinski definition) is 7. The number of nitrogens with one attached hydrogen (secondary N) is 3. The van der Waals surface area contributed by atoms with Crippen LogP contribution in [0.3, 0.4) is 0 Å². The molecule has 0 unspecified atom stereocenters. The number of rotatable bonds is 6. The molecule has 8 nitrogen and oxygen atoms in total. The fourth-order valence-electron chi connectivity index (χ4n) is 2.94. The number of hydrogen-bond donors (Lipinski definition) is 3. The molecular weight excluding hydrogens is 400 g/mol. The second-order valence-corrected chi connectivity index (χ2v) is 7.61. The SMILES string of the molecule is COc1cccc2c(Nc3cc(C)n[nH]3)nc(Sc3ccc(NC(C)=O)cc3)nc12. The highest BCUT2D eigenvalue weighted by atomic mass is 32.2. The van der Waals surface area contributed by atoms with Crippen LogP contribution < -0.4 is 15.4 Å². The zero-order chi connectivity index (χ0) is 21.1. The second kappa shape index (κ2) is 8.42. The number of anilines is 3. The molecule has 0 aliphatic heterocycles. The minimum atomic E-state index is -0.106. The van der Waals surface area contributed by atoms with E-state index in [0.717, 1.165) is 27.5 Å². The lowest BCUT2D eigenvalue weighted by atomic mass is 10.2. The van der Waals surface area contributed by atoms with Gasteiger partial charge >= 0.3 is 0 Å². The Labute approximate surface area is 177 Å². The van der Waals surface area contributed by atoms with Crippen molar-refractivity contribution < 1.29 is 9.53 Å². The molecule has 0 aliphatic carbocycles. The van der Waals surface area contributed by atoms with Gasteiger partial charge in [-0.3, -0.25) is 9.89 Å². The molecule has 0 aliphatic rings. The lowest BCUT2D eigenvalue weighted by Gasteiger charge is -2.12. The number of ether oxygens (including phenoxy) is 1. The largest absolute Gasteiger partial charge is 0.494 e. The molecule has 0 spiro atoms. The topological polar surface area (TPSA) is 105 Å². The molecule has 0 fully saturated rings. The Morgan fingerprint density at radius 3 is 2.60 bits per heavy atom. The predicted octanol–water partition coefficient (Wildman–Crippen LogP) is 4.52. The molecule has 0 atom stereocenters. The Hall–Kier alpha value is -3.59. The van der Waals surface area contributed by atoms with Crippen LogP contribution in [0.4, 0.5) is 17.3 Å². The summed E-state index contributed by atoms with van der Waals surface area (Å²) >= 11 is 1.42. The van der Waals surface area contributed by atoms with E-state index < -0.39 is 0 Å². The third-order valence-corrected chi connectivity index (χ3v) is 5.10. The number of para-hydroxylation sites is 1. The molecule has 0 saturated heterocycles. The average molecular weight is 420 g/mol. The third-order valence-electron chi connectivity index (χ3n) is 4.23. The highest BCUT2D eigenvalue weighted by Gasteiger charge is 2.14. The number of benzene rings is 2. The van der Waals surface area contributed by atoms with Gasteiger partial charge in [-0.15, -0.1) is 0 Å². The summed E-state index contributed by atoms with van der Waals surface area (Å²) in [5, 5.41) is 14.6. The van der Waals surface area contributed by atoms with Crippen molar-refractivity contribution in [3.63, 3.8) is 0 Å². The molecule has 4 aromatic rings. The molecule has 30 heavy (non-hydrogen) atoms. The van der Waals surface area contributed by atoms with Gasteiger partial charge in [0.05, 0.1) is 12.8 Å². The first-order chi connectivity index (χ1) is 14.5. The standard InChI is InChI=1S/C21H20N6O2S/c1-12-11-18(27-26-12)23-20-16-5-4-6-17(29-3)19(16)24-21(25-20)30-15-9-7-14(8-10-15)22-13(2)28/h4-11H,1-3H3,(H,22,28)(H2,23,24,25,26,27). The van der Waals surface area contributed by atoms with Gasteiger partial charge in [-0.05, 0) is 55.1 Å². The summed E-state index contributed by atoms with van der Waals surface area (Å²) in [5.74, 6) is 1.96. The van der Waals surface area contributed by atoms with Gasteiger partial charge in [0.15, 0.2) is 5.16 Å². The minimum Gasteiger partial charge on any atom is -0.494 e. The number of nitrogens with zero attached hydrogens (tertiary/aromatic N) is 3. The molecule has 2 aromatic heterocycles. The summed E-state index contributed by atoms with van der Waals surface area (Å²) in [6.07, 6.45) is 0. The van der Waals surface area contributed by atoms with Crippen LogP contribution in [-0.4, -0.2) is 33.2 Å². The molecule has 0 radical (unpaired) electrons. The van der Waals surface area contributed by atoms with Crippen molar-refractivity contribution >= 4 is 45.9 Å². The van der Waals surface area contributed by atoms with Crippen molar-refractivity contribution in [2.75, 3.05) is 17.7 Å². The van der Waals surface area contributed by atoms with Crippen LogP contribution in [0.5, 0.6) is 5.75 Å². The van der Waals surface area contributed by atoms with E-state index in [2.05, 4.69) is 20.8 Å². The molecule has 2 aromatic carbocycles. The summed E-state index contributed by atoms with van der Waals surface area (Å²) in [5.41, 5.74) is 2.33. The molecular formula is C21H20N6O2S. The summed E-state index contributed by atoms with van der Waals surface area (Å²) in [4.78, 5) is 21.6. The highest BCUT2D eigenvalue weighted by molar-refractivity contribution is 7.99. The van der Waals surface area contributed by atoms with Crippen LogP contribution >= 0.6 is 11.8 Å². The van der Waals surface area contributed by atoms with Crippen molar-refractivity contribution in [1.82, 2.24) is 20.2 Å². The van der Waals surface area contributed by atoms with E-state index >= 15 is 0 Å². The Kier molecular flexibility index (Phi) is 5.53. The summed E-state index contributed by atoms with van der Waals surface area (Å²) in [7, 11) is 1.62. The fraction of sp³-hybridized carbons (Fsp3) is 0.143. The molecule has 152 valence electrons. The Bertz CT molecular complexity index is 1210. The van der Waals surface area contributed by atoms with E-state index in [1.54, 1.807) is 7.11 Å². The summed E-state index contributed by atoms with van der Waals surface area (Å²) < 4.78 is 5.51. The Balaban J connectivity index is 1.71. The highest BCUT2D eigenvalue weighted by Crippen LogP contribution is 2.34. The van der Waals surface area contributed by atoms with E-state index in [0.29, 0.717) is 22.2 Å². The van der Waals surface area contributed by atoms with Gasteiger partial charge in [0.25, 0.3) is 0 Å². The number of carbonyl (C=O) groups excluding carboxylic acids is 1. The number of aromatic amines is 1. The van der Waals surface area contributed by atoms with Crippen molar-refractivity contribution in [2.45, 2.75) is 23.9 Å². The molecule has 1 amide bonds. The average Bonchev–Trinajstić information content (AvgIpc) is 3.13. The molecule has 2 heterocycles. The van der Waals surface area contributed by atoms with Crippen LogP contribution in [0, 0.1) is 6.92 Å². The van der Waals surface area contributed by atoms with Crippen LogP contribution in [0.25, 0.3) is 10.9 Å². The van der Waals surface area contributed by atoms with E-state index in [4.69, 9.17) is 14.7 Å². The molecule has 9 heteroatoms. The first-order valence-corrected chi connectivity index (χ1v) is 10.0. The minimum absolute atomic E-state index is 0.106. The van der Waals surface area contributed by atoms with Crippen LogP contribution in [0.15, 0.2) is 58.6 Å². The van der Waals surface area contributed by atoms with Gasteiger partial charge in [-0.1, -0.05) is 6.07 Å². The zero-order valence-corrected chi connectivity index (χ0v) is 17.5. The lowest BCUT2D eigenvalue weighted by molar-refractivity contribution is -0.114. The number of H-pyrrole nitrogens is 1. The van der Waals surface area contributed by atoms with Gasteiger partial charge in [0.1, 0.15) is 22.9 Å². The lowest BCUT2D eigenvalue weighted by Crippen LogP contribution is -2.05. The number of methoxy groups -OCH3 is 1. The number of amides is 1. The van der Waals surface area contributed by atoms with E-state index in [9.17, 15) is 4.79 Å². The maximum atomic E-state index is 11.2. The second-order valence-electron chi connectivity index (χ2n) is 6.57. The number of carbonyl (C=O) groups is 1. The third kappa shape index (κ3) is 4.36. The summed E-state index contributed by atoms with van der Waals surface area (Å²) in [6, 6.07) is 15.1. The molecule has 0 saturated carbocycles.